The summed E-state index contributed by atoms with van der Waals surface area (Å²) in [5.41, 5.74) is -1.35. The van der Waals surface area contributed by atoms with Crippen LogP contribution >= 0.6 is 0 Å². The molecule has 0 radical (unpaired) electrons. The van der Waals surface area contributed by atoms with Crippen molar-refractivity contribution in [3.05, 3.63) is 29.8 Å². The van der Waals surface area contributed by atoms with Crippen molar-refractivity contribution in [1.82, 2.24) is 0 Å². The highest BCUT2D eigenvalue weighted by Crippen LogP contribution is 2.75. The number of benzene rings is 1. The van der Waals surface area contributed by atoms with Crippen LogP contribution in [0.4, 0.5) is 5.69 Å². The first-order valence-electron chi connectivity index (χ1n) is 9.13. The lowest BCUT2D eigenvalue weighted by atomic mass is 9.52. The van der Waals surface area contributed by atoms with Gasteiger partial charge in [-0.2, -0.15) is 0 Å². The van der Waals surface area contributed by atoms with Crippen molar-refractivity contribution in [2.45, 2.75) is 43.8 Å². The van der Waals surface area contributed by atoms with Crippen LogP contribution in [0.3, 0.4) is 0 Å². The van der Waals surface area contributed by atoms with E-state index < -0.39 is 34.4 Å². The van der Waals surface area contributed by atoms with E-state index in [9.17, 15) is 14.4 Å². The minimum absolute atomic E-state index is 0.0384. The van der Waals surface area contributed by atoms with Gasteiger partial charge in [-0.1, -0.05) is 18.2 Å². The minimum atomic E-state index is -1.21. The Balaban J connectivity index is 1.82. The van der Waals surface area contributed by atoms with Crippen LogP contribution in [-0.4, -0.2) is 43.0 Å². The first-order chi connectivity index (χ1) is 12.4. The third kappa shape index (κ3) is 1.34. The predicted octanol–water partition coefficient (Wildman–Crippen LogP) is 1.60. The molecular formula is C20H21NO5. The highest BCUT2D eigenvalue weighted by atomic mass is 16.6. The molecule has 4 aliphatic rings. The molecule has 6 heteroatoms. The third-order valence-electron chi connectivity index (χ3n) is 7.15. The maximum atomic E-state index is 13.6. The summed E-state index contributed by atoms with van der Waals surface area (Å²) in [5.74, 6) is -1.68. The molecule has 6 nitrogen and oxygen atoms in total. The van der Waals surface area contributed by atoms with Crippen LogP contribution in [0.15, 0.2) is 24.3 Å². The summed E-state index contributed by atoms with van der Waals surface area (Å²) >= 11 is 0. The van der Waals surface area contributed by atoms with Gasteiger partial charge in [-0.15, -0.1) is 0 Å². The molecule has 1 aliphatic carbocycles. The maximum absolute atomic E-state index is 13.6. The van der Waals surface area contributed by atoms with E-state index in [1.54, 1.807) is 18.9 Å². The van der Waals surface area contributed by atoms with E-state index in [1.165, 1.54) is 0 Å². The van der Waals surface area contributed by atoms with E-state index in [0.717, 1.165) is 11.3 Å². The van der Waals surface area contributed by atoms with Gasteiger partial charge in [0.1, 0.15) is 17.4 Å². The van der Waals surface area contributed by atoms with Crippen molar-refractivity contribution < 1.29 is 23.9 Å². The molecule has 3 heterocycles. The van der Waals surface area contributed by atoms with Gasteiger partial charge in [0.25, 0.3) is 0 Å². The first kappa shape index (κ1) is 16.0. The number of anilines is 1. The highest BCUT2D eigenvalue weighted by molar-refractivity contribution is 6.16. The zero-order valence-corrected chi connectivity index (χ0v) is 15.1. The molecule has 4 atom stereocenters. The van der Waals surface area contributed by atoms with E-state index in [1.807, 2.05) is 31.2 Å². The fourth-order valence-corrected chi connectivity index (χ4v) is 5.87. The number of rotatable bonds is 2. The van der Waals surface area contributed by atoms with Crippen LogP contribution in [0.2, 0.25) is 0 Å². The second kappa shape index (κ2) is 4.55. The van der Waals surface area contributed by atoms with Crippen LogP contribution in [-0.2, 0) is 29.3 Å². The largest absolute Gasteiger partial charge is 0.466 e. The van der Waals surface area contributed by atoms with E-state index in [-0.39, 0.29) is 18.3 Å². The molecule has 1 aromatic rings. The molecule has 2 saturated heterocycles. The number of carbonyl (C=O) groups excluding carboxylic acids is 3. The normalized spacial score (nSPS) is 38.3. The van der Waals surface area contributed by atoms with Crippen molar-refractivity contribution >= 4 is 23.3 Å². The molecule has 3 fully saturated rings. The number of carbonyl (C=O) groups is 3. The molecule has 3 aliphatic heterocycles. The Morgan fingerprint density at radius 2 is 2.00 bits per heavy atom. The minimum Gasteiger partial charge on any atom is -0.466 e. The second-order valence-corrected chi connectivity index (χ2v) is 7.94. The Bertz CT molecular complexity index is 875. The molecular weight excluding hydrogens is 334 g/mol. The number of likely N-dealkylation sites (N-methyl/N-ethyl adjacent to an activating group) is 1. The lowest BCUT2D eigenvalue weighted by molar-refractivity contribution is -0.158. The Morgan fingerprint density at radius 3 is 2.65 bits per heavy atom. The lowest BCUT2D eigenvalue weighted by Gasteiger charge is -2.45. The summed E-state index contributed by atoms with van der Waals surface area (Å²) in [7, 11) is 1.72. The number of amides is 1. The van der Waals surface area contributed by atoms with Crippen LogP contribution in [0, 0.1) is 11.3 Å². The molecule has 1 saturated carbocycles. The maximum Gasteiger partial charge on any atom is 0.313 e. The molecule has 2 spiro atoms. The van der Waals surface area contributed by atoms with E-state index >= 15 is 0 Å². The number of hydrogen-bond acceptors (Lipinski definition) is 5. The molecule has 136 valence electrons. The number of fused-ring (bicyclic) bond motifs is 6. The fourth-order valence-electron chi connectivity index (χ4n) is 5.87. The van der Waals surface area contributed by atoms with Crippen LogP contribution in [0.5, 0.6) is 0 Å². The highest BCUT2D eigenvalue weighted by Gasteiger charge is 2.88. The quantitative estimate of drug-likeness (QED) is 0.754. The molecule has 5 rings (SSSR count). The van der Waals surface area contributed by atoms with Gasteiger partial charge >= 0.3 is 5.97 Å². The van der Waals surface area contributed by atoms with Gasteiger partial charge in [-0.25, -0.2) is 0 Å². The number of hydrogen-bond donors (Lipinski definition) is 0. The average molecular weight is 355 g/mol. The van der Waals surface area contributed by atoms with Gasteiger partial charge in [0.2, 0.25) is 5.91 Å². The standard InChI is InChI=1S/C20H21NO5/c1-4-25-16(23)13-14-15(22)19(9-10-19)18(2,26-14)20(13)11-7-5-6-8-12(11)21(3)17(20)24/h5-8,13-14H,4,9-10H2,1-3H3/t13-,14-,18-,20+/m1/s1. The molecule has 0 unspecified atom stereocenters. The lowest BCUT2D eigenvalue weighted by Crippen LogP contribution is -2.65. The number of ketones is 1. The van der Waals surface area contributed by atoms with Crippen molar-refractivity contribution in [2.75, 3.05) is 18.6 Å². The predicted molar refractivity (Wildman–Crippen MR) is 91.6 cm³/mol. The SMILES string of the molecule is CCOC(=O)[C@H]1[C@H]2O[C@](C)(C3(CC3)C2=O)[C@]12C(=O)N(C)c1ccccc12. The van der Waals surface area contributed by atoms with Crippen molar-refractivity contribution in [1.29, 1.82) is 0 Å². The average Bonchev–Trinajstić information content (AvgIpc) is 3.30. The monoisotopic (exact) mass is 355 g/mol. The number of nitrogens with zero attached hydrogens (tertiary/aromatic N) is 1. The first-order valence-corrected chi connectivity index (χ1v) is 9.13. The van der Waals surface area contributed by atoms with Gasteiger partial charge < -0.3 is 14.4 Å². The Hall–Kier alpha value is -2.21. The van der Waals surface area contributed by atoms with Crippen molar-refractivity contribution in [3.8, 4) is 0 Å². The van der Waals surface area contributed by atoms with Crippen LogP contribution in [0.1, 0.15) is 32.3 Å². The number of esters is 1. The summed E-state index contributed by atoms with van der Waals surface area (Å²) in [4.78, 5) is 41.3. The Kier molecular flexibility index (Phi) is 2.80. The Labute approximate surface area is 151 Å². The molecule has 26 heavy (non-hydrogen) atoms. The summed E-state index contributed by atoms with van der Waals surface area (Å²) in [6.45, 7) is 3.77. The van der Waals surface area contributed by atoms with Gasteiger partial charge in [-0.05, 0) is 38.3 Å². The molecule has 0 N–H and O–H groups in total. The summed E-state index contributed by atoms with van der Waals surface area (Å²) in [5, 5.41) is 0. The zero-order chi connectivity index (χ0) is 18.5. The zero-order valence-electron chi connectivity index (χ0n) is 15.1. The summed E-state index contributed by atoms with van der Waals surface area (Å²) < 4.78 is 11.5. The number of ether oxygens (including phenoxy) is 2. The van der Waals surface area contributed by atoms with E-state index in [0.29, 0.717) is 12.8 Å². The number of Topliss-reactive ketones (excluding diaryl/α,β-unsaturated/α-hetero) is 1. The summed E-state index contributed by atoms with van der Waals surface area (Å²) in [6, 6.07) is 7.50. The fraction of sp³-hybridized carbons (Fsp3) is 0.550. The molecule has 1 amide bonds. The van der Waals surface area contributed by atoms with Gasteiger partial charge in [-0.3, -0.25) is 14.4 Å². The van der Waals surface area contributed by atoms with Gasteiger partial charge in [0, 0.05) is 12.7 Å². The van der Waals surface area contributed by atoms with E-state index in [2.05, 4.69) is 0 Å². The Morgan fingerprint density at radius 1 is 1.31 bits per heavy atom. The molecule has 2 bridgehead atoms. The smallest absolute Gasteiger partial charge is 0.313 e. The summed E-state index contributed by atoms with van der Waals surface area (Å²) in [6.07, 6.45) is 0.495. The molecule has 0 aromatic heterocycles. The topological polar surface area (TPSA) is 72.9 Å². The van der Waals surface area contributed by atoms with Gasteiger partial charge in [0.15, 0.2) is 5.78 Å². The van der Waals surface area contributed by atoms with Crippen molar-refractivity contribution in [2.24, 2.45) is 11.3 Å². The van der Waals surface area contributed by atoms with Crippen molar-refractivity contribution in [3.63, 3.8) is 0 Å². The van der Waals surface area contributed by atoms with Gasteiger partial charge in [0.05, 0.1) is 17.6 Å². The van der Waals surface area contributed by atoms with E-state index in [4.69, 9.17) is 9.47 Å². The van der Waals surface area contributed by atoms with Crippen LogP contribution in [0.25, 0.3) is 0 Å². The second-order valence-electron chi connectivity index (χ2n) is 7.94. The van der Waals surface area contributed by atoms with Crippen LogP contribution < -0.4 is 4.90 Å². The number of para-hydroxylation sites is 1. The third-order valence-corrected chi connectivity index (χ3v) is 7.15. The molecule has 1 aromatic carbocycles.